The fraction of sp³-hybridized carbons (Fsp3) is 0. The fourth-order valence-corrected chi connectivity index (χ4v) is 2.90. The molecule has 3 aromatic heterocycles. The lowest BCUT2D eigenvalue weighted by atomic mass is 10.2. The number of H-pyrrole nitrogens is 1. The van der Waals surface area contributed by atoms with Crippen LogP contribution in [0.15, 0.2) is 72.9 Å². The smallest absolute Gasteiger partial charge is 0.185 e. The maximum atomic E-state index is 4.65. The van der Waals surface area contributed by atoms with E-state index in [1.807, 2.05) is 66.9 Å². The van der Waals surface area contributed by atoms with E-state index in [1.54, 1.807) is 4.52 Å². The maximum absolute atomic E-state index is 4.65. The van der Waals surface area contributed by atoms with Gasteiger partial charge in [0.2, 0.25) is 0 Å². The average Bonchev–Trinajstić information content (AvgIpc) is 3.28. The van der Waals surface area contributed by atoms with Gasteiger partial charge in [-0.2, -0.15) is 4.52 Å². The predicted molar refractivity (Wildman–Crippen MR) is 97.8 cm³/mol. The molecule has 0 spiro atoms. The number of anilines is 2. The first-order valence-corrected chi connectivity index (χ1v) is 7.99. The minimum absolute atomic E-state index is 0.713. The van der Waals surface area contributed by atoms with Crippen molar-refractivity contribution in [2.45, 2.75) is 0 Å². The molecule has 2 N–H and O–H groups in total. The molecule has 0 aliphatic heterocycles. The molecule has 5 aromatic rings. The topological polar surface area (TPSA) is 70.9 Å². The molecule has 0 aliphatic carbocycles. The highest BCUT2D eigenvalue weighted by Gasteiger charge is 2.09. The van der Waals surface area contributed by atoms with E-state index >= 15 is 0 Å². The van der Waals surface area contributed by atoms with Crippen LogP contribution in [0.4, 0.5) is 11.5 Å². The molecule has 6 nitrogen and oxygen atoms in total. The van der Waals surface area contributed by atoms with Gasteiger partial charge in [0, 0.05) is 28.4 Å². The highest BCUT2D eigenvalue weighted by atomic mass is 15.4. The molecule has 0 saturated heterocycles. The van der Waals surface area contributed by atoms with Gasteiger partial charge >= 0.3 is 0 Å². The zero-order chi connectivity index (χ0) is 16.6. The molecule has 5 rings (SSSR count). The van der Waals surface area contributed by atoms with Crippen LogP contribution >= 0.6 is 0 Å². The first-order valence-electron chi connectivity index (χ1n) is 7.99. The van der Waals surface area contributed by atoms with Crippen molar-refractivity contribution in [1.82, 2.24) is 24.8 Å². The van der Waals surface area contributed by atoms with Crippen molar-refractivity contribution in [1.29, 1.82) is 0 Å². The van der Waals surface area contributed by atoms with Crippen LogP contribution in [0.2, 0.25) is 0 Å². The third kappa shape index (κ3) is 2.40. The zero-order valence-electron chi connectivity index (χ0n) is 13.2. The van der Waals surface area contributed by atoms with Gasteiger partial charge in [0.1, 0.15) is 0 Å². The maximum Gasteiger partial charge on any atom is 0.185 e. The minimum Gasteiger partial charge on any atom is -0.361 e. The van der Waals surface area contributed by atoms with Gasteiger partial charge in [-0.3, -0.25) is 0 Å². The van der Waals surface area contributed by atoms with Gasteiger partial charge in [0.15, 0.2) is 17.3 Å². The summed E-state index contributed by atoms with van der Waals surface area (Å²) >= 11 is 0. The normalized spacial score (nSPS) is 11.2. The third-order valence-electron chi connectivity index (χ3n) is 4.12. The summed E-state index contributed by atoms with van der Waals surface area (Å²) in [5.74, 6) is 1.46. The molecule has 0 fully saturated rings. The number of benzene rings is 2. The van der Waals surface area contributed by atoms with E-state index in [2.05, 4.69) is 31.7 Å². The first kappa shape index (κ1) is 13.7. The number of fused-ring (bicyclic) bond motifs is 2. The standard InChI is InChI=1S/C19H14N6/c1-2-4-13(5-3-1)19-23-22-18-9-8-17(24-25(18)19)21-15-6-7-16-14(12-15)10-11-20-16/h1-12,20H,(H,21,24). The molecule has 0 saturated carbocycles. The van der Waals surface area contributed by atoms with Gasteiger partial charge in [0.25, 0.3) is 0 Å². The SMILES string of the molecule is c1ccc(-c2nnc3ccc(Nc4ccc5[nH]ccc5c4)nn23)cc1. The Balaban J connectivity index is 1.55. The molecular formula is C19H14N6. The Labute approximate surface area is 143 Å². The van der Waals surface area contributed by atoms with E-state index < -0.39 is 0 Å². The molecule has 2 aromatic carbocycles. The Kier molecular flexibility index (Phi) is 3.00. The van der Waals surface area contributed by atoms with E-state index in [9.17, 15) is 0 Å². The molecule has 0 bridgehead atoms. The summed E-state index contributed by atoms with van der Waals surface area (Å²) in [7, 11) is 0. The molecule has 0 amide bonds. The van der Waals surface area contributed by atoms with Crippen LogP contribution in [0.5, 0.6) is 0 Å². The van der Waals surface area contributed by atoms with E-state index in [0.717, 1.165) is 33.8 Å². The van der Waals surface area contributed by atoms with Crippen molar-refractivity contribution in [2.75, 3.05) is 5.32 Å². The van der Waals surface area contributed by atoms with E-state index in [1.165, 1.54) is 0 Å². The third-order valence-corrected chi connectivity index (χ3v) is 4.12. The number of nitrogens with zero attached hydrogens (tertiary/aromatic N) is 4. The van der Waals surface area contributed by atoms with Crippen molar-refractivity contribution in [3.8, 4) is 11.4 Å². The monoisotopic (exact) mass is 326 g/mol. The van der Waals surface area contributed by atoms with Crippen molar-refractivity contribution in [3.05, 3.63) is 72.9 Å². The average molecular weight is 326 g/mol. The second-order valence-electron chi connectivity index (χ2n) is 5.78. The second-order valence-corrected chi connectivity index (χ2v) is 5.78. The molecular weight excluding hydrogens is 312 g/mol. The number of nitrogens with one attached hydrogen (secondary N) is 2. The van der Waals surface area contributed by atoms with Crippen LogP contribution in [0.25, 0.3) is 27.9 Å². The lowest BCUT2D eigenvalue weighted by Crippen LogP contribution is -2.00. The summed E-state index contributed by atoms with van der Waals surface area (Å²) in [5.41, 5.74) is 3.78. The Morgan fingerprint density at radius 3 is 2.72 bits per heavy atom. The Morgan fingerprint density at radius 2 is 1.80 bits per heavy atom. The van der Waals surface area contributed by atoms with Crippen molar-refractivity contribution in [2.24, 2.45) is 0 Å². The van der Waals surface area contributed by atoms with Crippen LogP contribution in [0.1, 0.15) is 0 Å². The van der Waals surface area contributed by atoms with Crippen LogP contribution < -0.4 is 5.32 Å². The van der Waals surface area contributed by atoms with Gasteiger partial charge in [-0.15, -0.1) is 15.3 Å². The van der Waals surface area contributed by atoms with Crippen molar-refractivity contribution >= 4 is 28.1 Å². The van der Waals surface area contributed by atoms with Gasteiger partial charge in [-0.05, 0) is 36.4 Å². The predicted octanol–water partition coefficient (Wildman–Crippen LogP) is 4.02. The summed E-state index contributed by atoms with van der Waals surface area (Å²) in [6, 6.07) is 21.9. The minimum atomic E-state index is 0.713. The molecule has 0 radical (unpaired) electrons. The fourth-order valence-electron chi connectivity index (χ4n) is 2.90. The van der Waals surface area contributed by atoms with Gasteiger partial charge in [0.05, 0.1) is 0 Å². The van der Waals surface area contributed by atoms with Crippen LogP contribution in [-0.2, 0) is 0 Å². The molecule has 3 heterocycles. The number of rotatable bonds is 3. The highest BCUT2D eigenvalue weighted by Crippen LogP contribution is 2.22. The van der Waals surface area contributed by atoms with Crippen LogP contribution in [0.3, 0.4) is 0 Å². The Bertz CT molecular complexity index is 1170. The number of aromatic nitrogens is 5. The molecule has 120 valence electrons. The van der Waals surface area contributed by atoms with Gasteiger partial charge in [-0.1, -0.05) is 30.3 Å². The van der Waals surface area contributed by atoms with E-state index in [-0.39, 0.29) is 0 Å². The molecule has 0 aliphatic rings. The van der Waals surface area contributed by atoms with Crippen molar-refractivity contribution < 1.29 is 0 Å². The molecule has 0 unspecified atom stereocenters. The second kappa shape index (κ2) is 5.45. The summed E-state index contributed by atoms with van der Waals surface area (Å²) < 4.78 is 1.76. The summed E-state index contributed by atoms with van der Waals surface area (Å²) in [5, 5.41) is 17.6. The number of hydrogen-bond donors (Lipinski definition) is 2. The number of hydrogen-bond acceptors (Lipinski definition) is 4. The summed E-state index contributed by atoms with van der Waals surface area (Å²) in [4.78, 5) is 3.19. The largest absolute Gasteiger partial charge is 0.361 e. The lowest BCUT2D eigenvalue weighted by Gasteiger charge is -2.07. The zero-order valence-corrected chi connectivity index (χ0v) is 13.2. The van der Waals surface area contributed by atoms with E-state index in [0.29, 0.717) is 5.65 Å². The summed E-state index contributed by atoms with van der Waals surface area (Å²) in [6.45, 7) is 0. The molecule has 0 atom stereocenters. The first-order chi connectivity index (χ1) is 12.4. The molecule has 25 heavy (non-hydrogen) atoms. The van der Waals surface area contributed by atoms with E-state index in [4.69, 9.17) is 0 Å². The molecule has 6 heteroatoms. The summed E-state index contributed by atoms with van der Waals surface area (Å²) in [6.07, 6.45) is 1.93. The van der Waals surface area contributed by atoms with Gasteiger partial charge in [-0.25, -0.2) is 0 Å². The van der Waals surface area contributed by atoms with Crippen LogP contribution in [-0.4, -0.2) is 24.8 Å². The lowest BCUT2D eigenvalue weighted by molar-refractivity contribution is 0.941. The van der Waals surface area contributed by atoms with Crippen LogP contribution in [0, 0.1) is 0 Å². The number of aromatic amines is 1. The van der Waals surface area contributed by atoms with Gasteiger partial charge < -0.3 is 10.3 Å². The quantitative estimate of drug-likeness (QED) is 0.525. The van der Waals surface area contributed by atoms with Crippen molar-refractivity contribution in [3.63, 3.8) is 0 Å². The Hall–Kier alpha value is -3.67. The highest BCUT2D eigenvalue weighted by molar-refractivity contribution is 5.83. The Morgan fingerprint density at radius 1 is 0.880 bits per heavy atom.